The van der Waals surface area contributed by atoms with Gasteiger partial charge in [-0.3, -0.25) is 9.69 Å². The van der Waals surface area contributed by atoms with Crippen molar-refractivity contribution in [2.75, 3.05) is 42.9 Å². The fourth-order valence-corrected chi connectivity index (χ4v) is 4.78. The Morgan fingerprint density at radius 2 is 1.83 bits per heavy atom. The minimum absolute atomic E-state index is 0.233. The molecular formula is C28H37N5O2. The molecule has 2 heterocycles. The molecule has 7 nitrogen and oxygen atoms in total. The number of benzene rings is 2. The van der Waals surface area contributed by atoms with Crippen molar-refractivity contribution in [2.45, 2.75) is 46.6 Å². The minimum Gasteiger partial charge on any atom is -0.391 e. The molecule has 3 aromatic rings. The van der Waals surface area contributed by atoms with Crippen LogP contribution < -0.4 is 10.2 Å². The summed E-state index contributed by atoms with van der Waals surface area (Å²) in [5.41, 5.74) is 6.79. The lowest BCUT2D eigenvalue weighted by molar-refractivity contribution is 0.101. The van der Waals surface area contributed by atoms with Crippen molar-refractivity contribution >= 4 is 17.3 Å². The summed E-state index contributed by atoms with van der Waals surface area (Å²) in [4.78, 5) is 25.2. The number of aliphatic hydroxyl groups is 1. The molecule has 0 radical (unpaired) electrons. The first-order valence-electron chi connectivity index (χ1n) is 12.5. The highest BCUT2D eigenvalue weighted by molar-refractivity contribution is 6.04. The number of hydrogen-bond acceptors (Lipinski definition) is 5. The van der Waals surface area contributed by atoms with E-state index in [1.807, 2.05) is 38.1 Å². The Morgan fingerprint density at radius 3 is 2.54 bits per heavy atom. The van der Waals surface area contributed by atoms with Crippen LogP contribution in [0.15, 0.2) is 42.5 Å². The average Bonchev–Trinajstić information content (AvgIpc) is 3.23. The van der Waals surface area contributed by atoms with Crippen molar-refractivity contribution in [3.8, 4) is 0 Å². The summed E-state index contributed by atoms with van der Waals surface area (Å²) in [5, 5.41) is 13.9. The van der Waals surface area contributed by atoms with Gasteiger partial charge in [0.2, 0.25) is 0 Å². The normalized spacial score (nSPS) is 15.3. The number of aromatic amines is 1. The number of amides is 1. The van der Waals surface area contributed by atoms with Gasteiger partial charge in [-0.05, 0) is 49.6 Å². The van der Waals surface area contributed by atoms with Crippen LogP contribution in [0.5, 0.6) is 0 Å². The maximum Gasteiger partial charge on any atom is 0.276 e. The summed E-state index contributed by atoms with van der Waals surface area (Å²) in [7, 11) is 0. The quantitative estimate of drug-likeness (QED) is 0.461. The van der Waals surface area contributed by atoms with Crippen LogP contribution in [0.1, 0.15) is 45.6 Å². The third kappa shape index (κ3) is 5.92. The number of aromatic nitrogens is 2. The fraction of sp³-hybridized carbons (Fsp3) is 0.429. The Balaban J connectivity index is 1.33. The highest BCUT2D eigenvalue weighted by atomic mass is 16.3. The number of aryl methyl sites for hydroxylation is 3. The van der Waals surface area contributed by atoms with Gasteiger partial charge in [0.15, 0.2) is 0 Å². The molecule has 186 valence electrons. The summed E-state index contributed by atoms with van der Waals surface area (Å²) in [5.74, 6) is 0.567. The van der Waals surface area contributed by atoms with Crippen LogP contribution in [0.4, 0.5) is 11.4 Å². The topological polar surface area (TPSA) is 84.5 Å². The maximum absolute atomic E-state index is 12.8. The molecule has 1 aliphatic rings. The van der Waals surface area contributed by atoms with Gasteiger partial charge in [-0.1, -0.05) is 37.3 Å². The first-order chi connectivity index (χ1) is 16.9. The van der Waals surface area contributed by atoms with Crippen molar-refractivity contribution in [1.82, 2.24) is 14.9 Å². The number of anilines is 2. The largest absolute Gasteiger partial charge is 0.391 e. The van der Waals surface area contributed by atoms with Crippen LogP contribution in [-0.2, 0) is 12.8 Å². The molecule has 1 amide bonds. The van der Waals surface area contributed by atoms with Crippen LogP contribution in [0, 0.1) is 20.8 Å². The van der Waals surface area contributed by atoms with E-state index >= 15 is 0 Å². The van der Waals surface area contributed by atoms with Crippen molar-refractivity contribution in [1.29, 1.82) is 0 Å². The Kier molecular flexibility index (Phi) is 7.88. The van der Waals surface area contributed by atoms with Gasteiger partial charge in [-0.25, -0.2) is 4.98 Å². The first kappa shape index (κ1) is 24.9. The fourth-order valence-electron chi connectivity index (χ4n) is 4.78. The number of aliphatic hydroxyl groups excluding tert-OH is 1. The van der Waals surface area contributed by atoms with Gasteiger partial charge in [0.25, 0.3) is 5.91 Å². The summed E-state index contributed by atoms with van der Waals surface area (Å²) in [6.45, 7) is 12.6. The van der Waals surface area contributed by atoms with Gasteiger partial charge in [0.05, 0.1) is 6.10 Å². The van der Waals surface area contributed by atoms with Crippen molar-refractivity contribution in [3.63, 3.8) is 0 Å². The zero-order valence-electron chi connectivity index (χ0n) is 21.3. The molecule has 7 heteroatoms. The lowest BCUT2D eigenvalue weighted by atomic mass is 10.0. The number of H-pyrrole nitrogens is 1. The predicted molar refractivity (Wildman–Crippen MR) is 141 cm³/mol. The molecule has 0 spiro atoms. The van der Waals surface area contributed by atoms with E-state index in [1.165, 1.54) is 16.8 Å². The molecule has 2 aromatic carbocycles. The number of imidazole rings is 1. The summed E-state index contributed by atoms with van der Waals surface area (Å²) >= 11 is 0. The molecule has 4 rings (SSSR count). The summed E-state index contributed by atoms with van der Waals surface area (Å²) in [6, 6.07) is 14.2. The van der Waals surface area contributed by atoms with Gasteiger partial charge in [-0.15, -0.1) is 0 Å². The molecule has 1 saturated heterocycles. The van der Waals surface area contributed by atoms with Crippen LogP contribution in [0.25, 0.3) is 0 Å². The molecule has 0 aliphatic carbocycles. The second-order valence-corrected chi connectivity index (χ2v) is 9.49. The number of β-amino-alcohol motifs (C(OH)–C–C–N with tert-alkyl or cyclic N) is 1. The van der Waals surface area contributed by atoms with Gasteiger partial charge < -0.3 is 20.3 Å². The third-order valence-corrected chi connectivity index (χ3v) is 6.96. The number of carbonyl (C=O) groups excluding carboxylic acids is 1. The average molecular weight is 476 g/mol. The number of para-hydroxylation sites is 1. The Bertz CT molecular complexity index is 1160. The van der Waals surface area contributed by atoms with Crippen LogP contribution in [0.3, 0.4) is 0 Å². The molecule has 1 aromatic heterocycles. The Hall–Kier alpha value is -3.16. The van der Waals surface area contributed by atoms with E-state index < -0.39 is 6.10 Å². The predicted octanol–water partition coefficient (Wildman–Crippen LogP) is 3.88. The highest BCUT2D eigenvalue weighted by Crippen LogP contribution is 2.24. The third-order valence-electron chi connectivity index (χ3n) is 6.96. The van der Waals surface area contributed by atoms with Crippen LogP contribution >= 0.6 is 0 Å². The molecule has 1 aliphatic heterocycles. The number of nitrogens with zero attached hydrogens (tertiary/aromatic N) is 3. The smallest absolute Gasteiger partial charge is 0.276 e. The number of nitrogens with one attached hydrogen (secondary N) is 2. The van der Waals surface area contributed by atoms with E-state index in [9.17, 15) is 9.90 Å². The Labute approximate surface area is 208 Å². The molecule has 1 atom stereocenters. The van der Waals surface area contributed by atoms with E-state index in [0.29, 0.717) is 18.7 Å². The molecule has 0 saturated carbocycles. The minimum atomic E-state index is -0.515. The Morgan fingerprint density at radius 1 is 1.09 bits per heavy atom. The van der Waals surface area contributed by atoms with Crippen LogP contribution in [-0.4, -0.2) is 64.7 Å². The van der Waals surface area contributed by atoms with Gasteiger partial charge in [-0.2, -0.15) is 0 Å². The number of hydrogen-bond donors (Lipinski definition) is 3. The van der Waals surface area contributed by atoms with Crippen LogP contribution in [0.2, 0.25) is 0 Å². The van der Waals surface area contributed by atoms with E-state index in [4.69, 9.17) is 0 Å². The summed E-state index contributed by atoms with van der Waals surface area (Å²) in [6.07, 6.45) is 0.711. The molecule has 1 fully saturated rings. The number of rotatable bonds is 8. The van der Waals surface area contributed by atoms with Crippen molar-refractivity contribution < 1.29 is 9.90 Å². The zero-order chi connectivity index (χ0) is 24.9. The van der Waals surface area contributed by atoms with Gasteiger partial charge >= 0.3 is 0 Å². The van der Waals surface area contributed by atoms with E-state index in [2.05, 4.69) is 57.1 Å². The highest BCUT2D eigenvalue weighted by Gasteiger charge is 2.22. The lowest BCUT2D eigenvalue weighted by Gasteiger charge is -2.37. The zero-order valence-corrected chi connectivity index (χ0v) is 21.3. The number of carbonyl (C=O) groups is 1. The standard InChI is InChI=1S/C28H37N5O2/c1-5-26-29-21(4)27(31-26)28(35)30-24-11-7-6-10-22(24)17-23(34)18-32-13-15-33(16-14-32)25-12-8-9-19(2)20(25)3/h6-12,23,34H,5,13-18H2,1-4H3,(H,29,31)(H,30,35)/t23-/m1/s1. The second kappa shape index (κ2) is 11.1. The number of piperazine rings is 1. The maximum atomic E-state index is 12.8. The molecule has 0 unspecified atom stereocenters. The van der Waals surface area contributed by atoms with Gasteiger partial charge in [0, 0.05) is 62.6 Å². The monoisotopic (exact) mass is 475 g/mol. The van der Waals surface area contributed by atoms with E-state index in [-0.39, 0.29) is 5.91 Å². The van der Waals surface area contributed by atoms with Gasteiger partial charge in [0.1, 0.15) is 11.5 Å². The van der Waals surface area contributed by atoms with E-state index in [1.54, 1.807) is 0 Å². The SMILES string of the molecule is CCc1nc(C(=O)Nc2ccccc2C[C@@H](O)CN2CCN(c3cccc(C)c3C)CC2)c(C)[nH]1. The van der Waals surface area contributed by atoms with Crippen molar-refractivity contribution in [2.24, 2.45) is 0 Å². The summed E-state index contributed by atoms with van der Waals surface area (Å²) < 4.78 is 0. The molecule has 35 heavy (non-hydrogen) atoms. The molecule has 0 bridgehead atoms. The molecular weight excluding hydrogens is 438 g/mol. The molecule has 3 N–H and O–H groups in total. The van der Waals surface area contributed by atoms with E-state index in [0.717, 1.165) is 55.4 Å². The van der Waals surface area contributed by atoms with Crippen molar-refractivity contribution in [3.05, 3.63) is 76.4 Å². The first-order valence-corrected chi connectivity index (χ1v) is 12.5. The second-order valence-electron chi connectivity index (χ2n) is 9.49. The lowest BCUT2D eigenvalue weighted by Crippen LogP contribution is -2.49.